The van der Waals surface area contributed by atoms with Crippen LogP contribution in [0, 0.1) is 5.92 Å². The first-order chi connectivity index (χ1) is 8.85. The summed E-state index contributed by atoms with van der Waals surface area (Å²) in [6, 6.07) is 7.22. The Bertz CT molecular complexity index is 408. The van der Waals surface area contributed by atoms with E-state index in [0.29, 0.717) is 6.04 Å². The zero-order valence-corrected chi connectivity index (χ0v) is 11.2. The third-order valence-electron chi connectivity index (χ3n) is 4.48. The molecule has 1 heterocycles. The monoisotopic (exact) mass is 245 g/mol. The summed E-state index contributed by atoms with van der Waals surface area (Å²) >= 11 is 0. The molecule has 2 aliphatic rings. The number of ether oxygens (including phenoxy) is 1. The molecule has 0 saturated heterocycles. The van der Waals surface area contributed by atoms with E-state index >= 15 is 0 Å². The molecule has 0 radical (unpaired) electrons. The maximum Gasteiger partial charge on any atom is 0.122 e. The minimum atomic E-state index is 0.674. The largest absolute Gasteiger partial charge is 0.493 e. The Hall–Kier alpha value is -1.18. The fourth-order valence-electron chi connectivity index (χ4n) is 3.23. The molecule has 0 aromatic heterocycles. The summed E-state index contributed by atoms with van der Waals surface area (Å²) in [6.45, 7) is 3.17. The molecule has 2 heteroatoms. The number of benzene rings is 1. The molecule has 98 valence electrons. The van der Waals surface area contributed by atoms with Crippen LogP contribution in [0.2, 0.25) is 0 Å². The van der Waals surface area contributed by atoms with Gasteiger partial charge in [0, 0.05) is 18.2 Å². The molecule has 1 fully saturated rings. The van der Waals surface area contributed by atoms with Gasteiger partial charge in [-0.05, 0) is 55.4 Å². The van der Waals surface area contributed by atoms with Gasteiger partial charge in [-0.1, -0.05) is 13.3 Å². The topological polar surface area (TPSA) is 21.3 Å². The van der Waals surface area contributed by atoms with Gasteiger partial charge in [-0.15, -0.1) is 0 Å². The van der Waals surface area contributed by atoms with E-state index in [2.05, 4.69) is 30.4 Å². The fraction of sp³-hybridized carbons (Fsp3) is 0.625. The summed E-state index contributed by atoms with van der Waals surface area (Å²) in [7, 11) is 0. The molecule has 1 aromatic rings. The minimum Gasteiger partial charge on any atom is -0.493 e. The lowest BCUT2D eigenvalue weighted by Crippen LogP contribution is -2.25. The number of nitrogens with one attached hydrogen (secondary N) is 1. The van der Waals surface area contributed by atoms with Crippen LogP contribution in [0.15, 0.2) is 18.2 Å². The Morgan fingerprint density at radius 3 is 2.83 bits per heavy atom. The van der Waals surface area contributed by atoms with Gasteiger partial charge < -0.3 is 10.1 Å². The normalized spacial score (nSPS) is 26.5. The van der Waals surface area contributed by atoms with Crippen molar-refractivity contribution in [3.63, 3.8) is 0 Å². The Kier molecular flexibility index (Phi) is 3.44. The molecule has 0 atom stereocenters. The van der Waals surface area contributed by atoms with Crippen LogP contribution in [-0.2, 0) is 6.42 Å². The van der Waals surface area contributed by atoms with Crippen LogP contribution in [0.3, 0.4) is 0 Å². The number of hydrogen-bond acceptors (Lipinski definition) is 2. The van der Waals surface area contributed by atoms with Crippen molar-refractivity contribution in [2.45, 2.75) is 51.5 Å². The van der Waals surface area contributed by atoms with E-state index in [4.69, 9.17) is 4.74 Å². The summed E-state index contributed by atoms with van der Waals surface area (Å²) in [5.41, 5.74) is 2.64. The third-order valence-corrected chi connectivity index (χ3v) is 4.48. The van der Waals surface area contributed by atoms with Gasteiger partial charge in [-0.3, -0.25) is 0 Å². The second-order valence-corrected chi connectivity index (χ2v) is 5.69. The molecular weight excluding hydrogens is 222 g/mol. The van der Waals surface area contributed by atoms with E-state index in [0.717, 1.165) is 24.7 Å². The number of hydrogen-bond donors (Lipinski definition) is 1. The number of fused-ring (bicyclic) bond motifs is 1. The lowest BCUT2D eigenvalue weighted by Gasteiger charge is -2.29. The zero-order valence-electron chi connectivity index (χ0n) is 11.2. The summed E-state index contributed by atoms with van der Waals surface area (Å²) in [5, 5.41) is 3.70. The van der Waals surface area contributed by atoms with Crippen molar-refractivity contribution < 1.29 is 4.74 Å². The van der Waals surface area contributed by atoms with Crippen molar-refractivity contribution in [2.24, 2.45) is 5.92 Å². The molecule has 18 heavy (non-hydrogen) atoms. The van der Waals surface area contributed by atoms with Gasteiger partial charge in [0.25, 0.3) is 0 Å². The van der Waals surface area contributed by atoms with Crippen LogP contribution >= 0.6 is 0 Å². The van der Waals surface area contributed by atoms with E-state index < -0.39 is 0 Å². The van der Waals surface area contributed by atoms with Crippen molar-refractivity contribution in [1.29, 1.82) is 0 Å². The second-order valence-electron chi connectivity index (χ2n) is 5.69. The van der Waals surface area contributed by atoms with Crippen molar-refractivity contribution in [3.05, 3.63) is 23.8 Å². The summed E-state index contributed by atoms with van der Waals surface area (Å²) in [5.74, 6) is 2.05. The maximum absolute atomic E-state index is 5.54. The molecule has 0 unspecified atom stereocenters. The maximum atomic E-state index is 5.54. The number of anilines is 1. The van der Waals surface area contributed by atoms with Gasteiger partial charge in [0.15, 0.2) is 0 Å². The fourth-order valence-corrected chi connectivity index (χ4v) is 3.23. The highest BCUT2D eigenvalue weighted by molar-refractivity contribution is 5.53. The standard InChI is InChI=1S/C16H23NO/c1-2-12-3-5-14(6-4-12)17-15-7-8-16-13(11-15)9-10-18-16/h7-8,11-12,14,17H,2-6,9-10H2,1H3. The lowest BCUT2D eigenvalue weighted by atomic mass is 9.84. The predicted molar refractivity (Wildman–Crippen MR) is 75.3 cm³/mol. The van der Waals surface area contributed by atoms with E-state index in [1.54, 1.807) is 0 Å². The molecule has 1 N–H and O–H groups in total. The van der Waals surface area contributed by atoms with E-state index in [-0.39, 0.29) is 0 Å². The van der Waals surface area contributed by atoms with E-state index in [1.165, 1.54) is 43.4 Å². The van der Waals surface area contributed by atoms with Gasteiger partial charge in [0.05, 0.1) is 6.61 Å². The molecule has 0 amide bonds. The summed E-state index contributed by atoms with van der Waals surface area (Å²) in [4.78, 5) is 0. The highest BCUT2D eigenvalue weighted by atomic mass is 16.5. The smallest absolute Gasteiger partial charge is 0.122 e. The SMILES string of the molecule is CCC1CCC(Nc2ccc3c(c2)CCO3)CC1. The number of rotatable bonds is 3. The van der Waals surface area contributed by atoms with Crippen molar-refractivity contribution in [1.82, 2.24) is 0 Å². The highest BCUT2D eigenvalue weighted by Gasteiger charge is 2.20. The first kappa shape index (κ1) is 11.9. The van der Waals surface area contributed by atoms with Crippen molar-refractivity contribution in [2.75, 3.05) is 11.9 Å². The van der Waals surface area contributed by atoms with Gasteiger partial charge >= 0.3 is 0 Å². The van der Waals surface area contributed by atoms with Gasteiger partial charge in [-0.2, -0.15) is 0 Å². The quantitative estimate of drug-likeness (QED) is 0.869. The van der Waals surface area contributed by atoms with Crippen LogP contribution < -0.4 is 10.1 Å². The first-order valence-corrected chi connectivity index (χ1v) is 7.37. The van der Waals surface area contributed by atoms with Gasteiger partial charge in [0.1, 0.15) is 5.75 Å². The Labute approximate surface area is 110 Å². The lowest BCUT2D eigenvalue weighted by molar-refractivity contribution is 0.330. The Balaban J connectivity index is 1.60. The van der Waals surface area contributed by atoms with Crippen molar-refractivity contribution >= 4 is 5.69 Å². The average molecular weight is 245 g/mol. The molecule has 1 saturated carbocycles. The molecule has 1 aliphatic carbocycles. The van der Waals surface area contributed by atoms with Gasteiger partial charge in [0.2, 0.25) is 0 Å². The second kappa shape index (κ2) is 5.21. The first-order valence-electron chi connectivity index (χ1n) is 7.37. The van der Waals surface area contributed by atoms with Crippen LogP contribution in [-0.4, -0.2) is 12.6 Å². The molecule has 0 bridgehead atoms. The molecule has 3 rings (SSSR count). The predicted octanol–water partition coefficient (Wildman–Crippen LogP) is 4.00. The molecule has 1 aliphatic heterocycles. The third kappa shape index (κ3) is 2.47. The average Bonchev–Trinajstić information content (AvgIpc) is 2.87. The van der Waals surface area contributed by atoms with Crippen LogP contribution in [0.25, 0.3) is 0 Å². The van der Waals surface area contributed by atoms with E-state index in [1.807, 2.05) is 0 Å². The van der Waals surface area contributed by atoms with Gasteiger partial charge in [-0.25, -0.2) is 0 Å². The summed E-state index contributed by atoms with van der Waals surface area (Å²) < 4.78 is 5.54. The molecule has 2 nitrogen and oxygen atoms in total. The highest BCUT2D eigenvalue weighted by Crippen LogP contribution is 2.31. The molecular formula is C16H23NO. The van der Waals surface area contributed by atoms with E-state index in [9.17, 15) is 0 Å². The Morgan fingerprint density at radius 2 is 2.06 bits per heavy atom. The van der Waals surface area contributed by atoms with Crippen LogP contribution in [0.4, 0.5) is 5.69 Å². The summed E-state index contributed by atoms with van der Waals surface area (Å²) in [6.07, 6.45) is 7.85. The Morgan fingerprint density at radius 1 is 1.22 bits per heavy atom. The molecule has 1 aromatic carbocycles. The van der Waals surface area contributed by atoms with Crippen LogP contribution in [0.5, 0.6) is 5.75 Å². The molecule has 0 spiro atoms. The minimum absolute atomic E-state index is 0.674. The van der Waals surface area contributed by atoms with Crippen LogP contribution in [0.1, 0.15) is 44.6 Å². The zero-order chi connectivity index (χ0) is 12.4. The van der Waals surface area contributed by atoms with Crippen molar-refractivity contribution in [3.8, 4) is 5.75 Å².